The fourth-order valence-corrected chi connectivity index (χ4v) is 3.21. The molecule has 1 N–H and O–H groups in total. The third kappa shape index (κ3) is 3.72. The highest BCUT2D eigenvalue weighted by Gasteiger charge is 2.31. The molecule has 2 aliphatic rings. The van der Waals surface area contributed by atoms with E-state index in [1.807, 2.05) is 6.07 Å². The Hall–Kier alpha value is -0.640. The maximum absolute atomic E-state index is 14.0. The van der Waals surface area contributed by atoms with E-state index in [0.29, 0.717) is 11.1 Å². The van der Waals surface area contributed by atoms with Crippen molar-refractivity contribution in [2.24, 2.45) is 5.92 Å². The Balaban J connectivity index is 1.64. The number of benzene rings is 1. The maximum atomic E-state index is 14.0. The van der Waals surface area contributed by atoms with E-state index in [1.54, 1.807) is 6.07 Å². The zero-order chi connectivity index (χ0) is 13.9. The van der Waals surface area contributed by atoms with Crippen LogP contribution in [0.3, 0.4) is 0 Å². The minimum atomic E-state index is -0.173. The Labute approximate surface area is 125 Å². The number of piperidine rings is 1. The van der Waals surface area contributed by atoms with Gasteiger partial charge < -0.3 is 5.32 Å². The summed E-state index contributed by atoms with van der Waals surface area (Å²) in [4.78, 5) is 2.47. The van der Waals surface area contributed by atoms with Crippen LogP contribution in [0, 0.1) is 11.7 Å². The van der Waals surface area contributed by atoms with Gasteiger partial charge in [0.15, 0.2) is 0 Å². The number of nitrogens with one attached hydrogen (secondary N) is 1. The van der Waals surface area contributed by atoms with Crippen LogP contribution in [0.15, 0.2) is 18.2 Å². The Bertz CT molecular complexity index is 456. The number of hydrogen-bond donors (Lipinski definition) is 1. The quantitative estimate of drug-likeness (QED) is 0.895. The molecular weight excluding hydrogens is 275 g/mol. The number of rotatable bonds is 5. The van der Waals surface area contributed by atoms with Crippen LogP contribution in [-0.2, 0) is 6.54 Å². The van der Waals surface area contributed by atoms with E-state index < -0.39 is 0 Å². The van der Waals surface area contributed by atoms with E-state index in [0.717, 1.165) is 37.7 Å². The normalized spacial score (nSPS) is 20.6. The lowest BCUT2D eigenvalue weighted by Crippen LogP contribution is -2.37. The average molecular weight is 297 g/mol. The lowest BCUT2D eigenvalue weighted by Gasteiger charge is -2.30. The van der Waals surface area contributed by atoms with Gasteiger partial charge in [-0.3, -0.25) is 4.90 Å². The average Bonchev–Trinajstić information content (AvgIpc) is 3.26. The Kier molecular flexibility index (Phi) is 4.59. The summed E-state index contributed by atoms with van der Waals surface area (Å²) in [5.74, 6) is 0.584. The van der Waals surface area contributed by atoms with Crippen molar-refractivity contribution >= 4 is 11.6 Å². The summed E-state index contributed by atoms with van der Waals surface area (Å²) in [6.45, 7) is 4.07. The van der Waals surface area contributed by atoms with Crippen molar-refractivity contribution in [1.29, 1.82) is 0 Å². The number of hydrogen-bond acceptors (Lipinski definition) is 2. The van der Waals surface area contributed by atoms with Gasteiger partial charge in [-0.15, -0.1) is 0 Å². The van der Waals surface area contributed by atoms with Gasteiger partial charge in [0.1, 0.15) is 5.82 Å². The molecule has 110 valence electrons. The van der Waals surface area contributed by atoms with Crippen molar-refractivity contribution in [2.45, 2.75) is 38.3 Å². The standard InChI is InChI=1S/C16H22ClFN2/c17-14-2-1-13(16(18)9-14)11-20(15-3-4-15)10-12-5-7-19-8-6-12/h1-2,9,12,15,19H,3-8,10-11H2. The van der Waals surface area contributed by atoms with Gasteiger partial charge in [0, 0.05) is 29.7 Å². The zero-order valence-corrected chi connectivity index (χ0v) is 12.5. The van der Waals surface area contributed by atoms with Gasteiger partial charge in [0.05, 0.1) is 0 Å². The molecule has 2 fully saturated rings. The summed E-state index contributed by atoms with van der Waals surface area (Å²) in [5, 5.41) is 3.88. The van der Waals surface area contributed by atoms with Crippen LogP contribution in [0.5, 0.6) is 0 Å². The fraction of sp³-hybridized carbons (Fsp3) is 0.625. The molecule has 0 amide bonds. The molecule has 0 atom stereocenters. The first-order chi connectivity index (χ1) is 9.72. The van der Waals surface area contributed by atoms with Crippen molar-refractivity contribution in [2.75, 3.05) is 19.6 Å². The smallest absolute Gasteiger partial charge is 0.129 e. The van der Waals surface area contributed by atoms with Crippen molar-refractivity contribution < 1.29 is 4.39 Å². The van der Waals surface area contributed by atoms with Crippen LogP contribution in [0.4, 0.5) is 4.39 Å². The SMILES string of the molecule is Fc1cc(Cl)ccc1CN(CC1CCNCC1)C1CC1. The van der Waals surface area contributed by atoms with Gasteiger partial charge in [-0.2, -0.15) is 0 Å². The highest BCUT2D eigenvalue weighted by Crippen LogP contribution is 2.31. The van der Waals surface area contributed by atoms with Gasteiger partial charge in [-0.25, -0.2) is 4.39 Å². The minimum absolute atomic E-state index is 0.173. The molecule has 0 spiro atoms. The van der Waals surface area contributed by atoms with Gasteiger partial charge in [0.2, 0.25) is 0 Å². The van der Waals surface area contributed by atoms with Gasteiger partial charge in [0.25, 0.3) is 0 Å². The van der Waals surface area contributed by atoms with E-state index in [2.05, 4.69) is 10.2 Å². The topological polar surface area (TPSA) is 15.3 Å². The fourth-order valence-electron chi connectivity index (χ4n) is 3.05. The van der Waals surface area contributed by atoms with Gasteiger partial charge in [-0.05, 0) is 56.8 Å². The third-order valence-corrected chi connectivity index (χ3v) is 4.64. The molecule has 1 saturated carbocycles. The Morgan fingerprint density at radius 3 is 2.60 bits per heavy atom. The summed E-state index contributed by atoms with van der Waals surface area (Å²) >= 11 is 5.82. The molecule has 0 bridgehead atoms. The van der Waals surface area contributed by atoms with Crippen LogP contribution in [0.25, 0.3) is 0 Å². The summed E-state index contributed by atoms with van der Waals surface area (Å²) in [6, 6.07) is 5.71. The lowest BCUT2D eigenvalue weighted by molar-refractivity contribution is 0.188. The van der Waals surface area contributed by atoms with Crippen molar-refractivity contribution in [3.63, 3.8) is 0 Å². The van der Waals surface area contributed by atoms with Crippen molar-refractivity contribution in [3.05, 3.63) is 34.6 Å². The lowest BCUT2D eigenvalue weighted by atomic mass is 9.97. The number of nitrogens with zero attached hydrogens (tertiary/aromatic N) is 1. The maximum Gasteiger partial charge on any atom is 0.129 e. The summed E-state index contributed by atoms with van der Waals surface area (Å²) in [6.07, 6.45) is 5.01. The molecule has 20 heavy (non-hydrogen) atoms. The molecule has 4 heteroatoms. The van der Waals surface area contributed by atoms with Crippen molar-refractivity contribution in [3.8, 4) is 0 Å². The van der Waals surface area contributed by atoms with Crippen LogP contribution in [-0.4, -0.2) is 30.6 Å². The second-order valence-electron chi connectivity index (χ2n) is 6.09. The van der Waals surface area contributed by atoms with Crippen molar-refractivity contribution in [1.82, 2.24) is 10.2 Å². The summed E-state index contributed by atoms with van der Waals surface area (Å²) in [5.41, 5.74) is 0.773. The minimum Gasteiger partial charge on any atom is -0.317 e. The first-order valence-electron chi connectivity index (χ1n) is 7.61. The first kappa shape index (κ1) is 14.3. The van der Waals surface area contributed by atoms with Crippen LogP contribution < -0.4 is 5.32 Å². The predicted molar refractivity (Wildman–Crippen MR) is 80.4 cm³/mol. The highest BCUT2D eigenvalue weighted by atomic mass is 35.5. The van der Waals surface area contributed by atoms with E-state index in [9.17, 15) is 4.39 Å². The molecule has 1 heterocycles. The van der Waals surface area contributed by atoms with Crippen LogP contribution >= 0.6 is 11.6 Å². The molecule has 0 aromatic heterocycles. The highest BCUT2D eigenvalue weighted by molar-refractivity contribution is 6.30. The molecule has 3 rings (SSSR count). The molecule has 1 aromatic carbocycles. The zero-order valence-electron chi connectivity index (χ0n) is 11.7. The summed E-state index contributed by atoms with van der Waals surface area (Å²) < 4.78 is 14.0. The van der Waals surface area contributed by atoms with Gasteiger partial charge >= 0.3 is 0 Å². The molecular formula is C16H22ClFN2. The molecule has 1 saturated heterocycles. The second kappa shape index (κ2) is 6.42. The van der Waals surface area contributed by atoms with E-state index in [4.69, 9.17) is 11.6 Å². The molecule has 2 nitrogen and oxygen atoms in total. The molecule has 1 aromatic rings. The largest absolute Gasteiger partial charge is 0.317 e. The molecule has 0 unspecified atom stereocenters. The van der Waals surface area contributed by atoms with Crippen LogP contribution in [0.1, 0.15) is 31.2 Å². The van der Waals surface area contributed by atoms with E-state index in [-0.39, 0.29) is 5.82 Å². The predicted octanol–water partition coefficient (Wildman–Crippen LogP) is 3.44. The first-order valence-corrected chi connectivity index (χ1v) is 7.99. The van der Waals surface area contributed by atoms with E-state index in [1.165, 1.54) is 31.7 Å². The third-order valence-electron chi connectivity index (χ3n) is 4.40. The second-order valence-corrected chi connectivity index (χ2v) is 6.53. The molecule has 0 radical (unpaired) electrons. The summed E-state index contributed by atoms with van der Waals surface area (Å²) in [7, 11) is 0. The van der Waals surface area contributed by atoms with E-state index >= 15 is 0 Å². The number of halogens is 2. The molecule has 1 aliphatic heterocycles. The Morgan fingerprint density at radius 1 is 1.20 bits per heavy atom. The van der Waals surface area contributed by atoms with Crippen LogP contribution in [0.2, 0.25) is 5.02 Å². The Morgan fingerprint density at radius 2 is 1.95 bits per heavy atom. The molecule has 1 aliphatic carbocycles. The monoisotopic (exact) mass is 296 g/mol. The van der Waals surface area contributed by atoms with Gasteiger partial charge in [-0.1, -0.05) is 17.7 Å².